The van der Waals surface area contributed by atoms with E-state index in [9.17, 15) is 9.18 Å². The molecule has 0 saturated carbocycles. The van der Waals surface area contributed by atoms with Crippen molar-refractivity contribution < 1.29 is 14.0 Å². The number of hydrogen-bond acceptors (Lipinski definition) is 3. The van der Waals surface area contributed by atoms with Crippen molar-refractivity contribution in [2.75, 3.05) is 13.1 Å². The van der Waals surface area contributed by atoms with Gasteiger partial charge < -0.3 is 9.74 Å². The van der Waals surface area contributed by atoms with Gasteiger partial charge in [0.15, 0.2) is 0 Å². The highest BCUT2D eigenvalue weighted by Gasteiger charge is 2.22. The lowest BCUT2D eigenvalue weighted by atomic mass is 10.1. The van der Waals surface area contributed by atoms with Gasteiger partial charge in [-0.3, -0.25) is 4.79 Å². The minimum absolute atomic E-state index is 0.0554. The lowest BCUT2D eigenvalue weighted by Crippen LogP contribution is -2.42. The summed E-state index contributed by atoms with van der Waals surface area (Å²) < 4.78 is 12.7. The van der Waals surface area contributed by atoms with E-state index in [1.807, 2.05) is 0 Å². The van der Waals surface area contributed by atoms with Crippen molar-refractivity contribution >= 4 is 5.91 Å². The van der Waals surface area contributed by atoms with Crippen LogP contribution in [-0.2, 0) is 16.1 Å². The molecule has 5 heteroatoms. The van der Waals surface area contributed by atoms with Crippen LogP contribution in [0.15, 0.2) is 24.3 Å². The molecule has 1 heterocycles. The van der Waals surface area contributed by atoms with E-state index in [-0.39, 0.29) is 17.8 Å². The summed E-state index contributed by atoms with van der Waals surface area (Å²) in [6.07, 6.45) is 1.91. The van der Waals surface area contributed by atoms with Crippen molar-refractivity contribution in [3.63, 3.8) is 0 Å². The molecule has 1 aliphatic heterocycles. The van der Waals surface area contributed by atoms with Crippen molar-refractivity contribution in [1.82, 2.24) is 4.90 Å². The van der Waals surface area contributed by atoms with Crippen molar-refractivity contribution in [1.29, 1.82) is 0 Å². The number of nitrogens with two attached hydrogens (primary N) is 1. The van der Waals surface area contributed by atoms with E-state index < -0.39 is 0 Å². The number of amides is 1. The number of carbonyl (C=O) groups is 1. The molecule has 4 nitrogen and oxygen atoms in total. The molecule has 1 saturated heterocycles. The second-order valence-electron chi connectivity index (χ2n) is 4.52. The van der Waals surface area contributed by atoms with Gasteiger partial charge in [0.25, 0.3) is 0 Å². The number of rotatable bonds is 3. The topological polar surface area (TPSA) is 55.6 Å². The molecule has 0 aliphatic carbocycles. The number of piperidine rings is 1. The Balaban J connectivity index is 1.87. The van der Waals surface area contributed by atoms with Crippen LogP contribution in [0.3, 0.4) is 0 Å². The molecule has 1 amide bonds. The monoisotopic (exact) mass is 252 g/mol. The first-order chi connectivity index (χ1) is 8.69. The van der Waals surface area contributed by atoms with Gasteiger partial charge in [0.05, 0.1) is 12.5 Å². The van der Waals surface area contributed by atoms with E-state index in [1.165, 1.54) is 12.1 Å². The van der Waals surface area contributed by atoms with E-state index in [0.717, 1.165) is 18.4 Å². The fraction of sp³-hybridized carbons (Fsp3) is 0.462. The maximum atomic E-state index is 12.7. The van der Waals surface area contributed by atoms with Gasteiger partial charge in [-0.05, 0) is 30.5 Å². The molecule has 0 atom stereocenters. The quantitative estimate of drug-likeness (QED) is 0.824. The molecule has 1 aromatic carbocycles. The fourth-order valence-electron chi connectivity index (χ4n) is 2.13. The molecule has 0 spiro atoms. The van der Waals surface area contributed by atoms with E-state index >= 15 is 0 Å². The number of halogens is 1. The van der Waals surface area contributed by atoms with E-state index in [2.05, 4.69) is 0 Å². The smallest absolute Gasteiger partial charge is 0.226 e. The number of likely N-dealkylation sites (tertiary alicyclic amines) is 1. The summed E-state index contributed by atoms with van der Waals surface area (Å²) in [4.78, 5) is 18.6. The Kier molecular flexibility index (Phi) is 4.28. The molecule has 0 radical (unpaired) electrons. The van der Waals surface area contributed by atoms with Crippen LogP contribution >= 0.6 is 0 Å². The van der Waals surface area contributed by atoms with Gasteiger partial charge in [0.1, 0.15) is 5.82 Å². The highest BCUT2D eigenvalue weighted by Crippen LogP contribution is 2.14. The molecule has 1 aliphatic rings. The van der Waals surface area contributed by atoms with Gasteiger partial charge in [0.2, 0.25) is 5.91 Å². The first kappa shape index (κ1) is 13.0. The molecule has 0 bridgehead atoms. The molecule has 1 fully saturated rings. The average molecular weight is 252 g/mol. The Labute approximate surface area is 105 Å². The summed E-state index contributed by atoms with van der Waals surface area (Å²) in [6, 6.07) is 6.03. The number of benzene rings is 1. The summed E-state index contributed by atoms with van der Waals surface area (Å²) in [5, 5.41) is 0. The van der Waals surface area contributed by atoms with Crippen LogP contribution < -0.4 is 5.90 Å². The van der Waals surface area contributed by atoms with E-state index in [4.69, 9.17) is 10.7 Å². The zero-order valence-corrected chi connectivity index (χ0v) is 10.1. The van der Waals surface area contributed by atoms with Gasteiger partial charge in [-0.1, -0.05) is 12.1 Å². The minimum Gasteiger partial charge on any atom is -0.342 e. The third-order valence-electron chi connectivity index (χ3n) is 3.26. The van der Waals surface area contributed by atoms with Crippen molar-refractivity contribution in [2.45, 2.75) is 25.4 Å². The van der Waals surface area contributed by atoms with Crippen molar-refractivity contribution in [2.24, 2.45) is 5.90 Å². The number of carbonyl (C=O) groups excluding carboxylic acids is 1. The highest BCUT2D eigenvalue weighted by atomic mass is 19.1. The lowest BCUT2D eigenvalue weighted by molar-refractivity contribution is -0.133. The van der Waals surface area contributed by atoms with Gasteiger partial charge >= 0.3 is 0 Å². The summed E-state index contributed by atoms with van der Waals surface area (Å²) in [6.45, 7) is 1.34. The maximum Gasteiger partial charge on any atom is 0.226 e. The van der Waals surface area contributed by atoms with Crippen LogP contribution in [0, 0.1) is 5.82 Å². The summed E-state index contributed by atoms with van der Waals surface area (Å²) in [5.41, 5.74) is 0.832. The molecule has 2 rings (SSSR count). The average Bonchev–Trinajstić information content (AvgIpc) is 2.41. The van der Waals surface area contributed by atoms with Gasteiger partial charge in [-0.2, -0.15) is 0 Å². The standard InChI is InChI=1S/C13H17FN2O2/c14-11-3-1-10(2-4-11)9-13(17)16-7-5-12(18-15)6-8-16/h1-4,12H,5-9,15H2. The highest BCUT2D eigenvalue weighted by molar-refractivity contribution is 5.78. The Morgan fingerprint density at radius 2 is 1.94 bits per heavy atom. The molecular formula is C13H17FN2O2. The zero-order valence-electron chi connectivity index (χ0n) is 10.1. The molecule has 1 aromatic rings. The van der Waals surface area contributed by atoms with Crippen LogP contribution in [0.1, 0.15) is 18.4 Å². The molecule has 18 heavy (non-hydrogen) atoms. The minimum atomic E-state index is -0.285. The SMILES string of the molecule is NOC1CCN(C(=O)Cc2ccc(F)cc2)CC1. The second kappa shape index (κ2) is 5.93. The van der Waals surface area contributed by atoms with Crippen molar-refractivity contribution in [3.8, 4) is 0 Å². The number of hydrogen-bond donors (Lipinski definition) is 1. The molecular weight excluding hydrogens is 235 g/mol. The van der Waals surface area contributed by atoms with Crippen LogP contribution in [0.4, 0.5) is 4.39 Å². The largest absolute Gasteiger partial charge is 0.342 e. The molecule has 2 N–H and O–H groups in total. The van der Waals surface area contributed by atoms with Crippen molar-refractivity contribution in [3.05, 3.63) is 35.6 Å². The molecule has 0 aromatic heterocycles. The van der Waals surface area contributed by atoms with E-state index in [1.54, 1.807) is 17.0 Å². The third-order valence-corrected chi connectivity index (χ3v) is 3.26. The van der Waals surface area contributed by atoms with Gasteiger partial charge in [-0.15, -0.1) is 0 Å². The fourth-order valence-corrected chi connectivity index (χ4v) is 2.13. The van der Waals surface area contributed by atoms with Gasteiger partial charge in [0, 0.05) is 13.1 Å². The van der Waals surface area contributed by atoms with Crippen LogP contribution in [0.2, 0.25) is 0 Å². The zero-order chi connectivity index (χ0) is 13.0. The van der Waals surface area contributed by atoms with Crippen LogP contribution in [0.25, 0.3) is 0 Å². The Bertz CT molecular complexity index is 400. The number of nitrogens with zero attached hydrogens (tertiary/aromatic N) is 1. The molecule has 0 unspecified atom stereocenters. The van der Waals surface area contributed by atoms with Crippen LogP contribution in [0.5, 0.6) is 0 Å². The first-order valence-electron chi connectivity index (χ1n) is 6.07. The lowest BCUT2D eigenvalue weighted by Gasteiger charge is -2.30. The Morgan fingerprint density at radius 3 is 2.50 bits per heavy atom. The van der Waals surface area contributed by atoms with Crippen LogP contribution in [-0.4, -0.2) is 30.0 Å². The maximum absolute atomic E-state index is 12.7. The predicted molar refractivity (Wildman–Crippen MR) is 65.0 cm³/mol. The third kappa shape index (κ3) is 3.27. The Morgan fingerprint density at radius 1 is 1.33 bits per heavy atom. The second-order valence-corrected chi connectivity index (χ2v) is 4.52. The van der Waals surface area contributed by atoms with E-state index in [0.29, 0.717) is 19.5 Å². The molecule has 98 valence electrons. The normalized spacial score (nSPS) is 16.9. The summed E-state index contributed by atoms with van der Waals surface area (Å²) >= 11 is 0. The Hall–Kier alpha value is -1.46. The first-order valence-corrected chi connectivity index (χ1v) is 6.07. The predicted octanol–water partition coefficient (Wildman–Crippen LogP) is 1.25. The van der Waals surface area contributed by atoms with Gasteiger partial charge in [-0.25, -0.2) is 10.3 Å². The summed E-state index contributed by atoms with van der Waals surface area (Å²) in [7, 11) is 0. The summed E-state index contributed by atoms with van der Waals surface area (Å²) in [5.74, 6) is 4.91.